The predicted octanol–water partition coefficient (Wildman–Crippen LogP) is 5.97. The van der Waals surface area contributed by atoms with Crippen molar-refractivity contribution >= 4 is 33.1 Å². The number of aromatic hydroxyl groups is 1. The molecule has 0 aliphatic heterocycles. The van der Waals surface area contributed by atoms with Crippen molar-refractivity contribution < 1.29 is 5.11 Å². The molecule has 2 aromatic rings. The van der Waals surface area contributed by atoms with Gasteiger partial charge < -0.3 is 10.4 Å². The van der Waals surface area contributed by atoms with Crippen molar-refractivity contribution in [2.24, 2.45) is 0 Å². The van der Waals surface area contributed by atoms with Crippen LogP contribution >= 0.6 is 23.1 Å². The largest absolute Gasteiger partial charge is 0.508 e. The number of nitrogens with zero attached hydrogens (tertiary/aromatic N) is 1. The highest BCUT2D eigenvalue weighted by atomic mass is 32.2. The number of nitrogens with one attached hydrogen (secondary N) is 1. The lowest BCUT2D eigenvalue weighted by molar-refractivity contribution is 0.475. The molecule has 0 unspecified atom stereocenters. The van der Waals surface area contributed by atoms with Crippen LogP contribution < -0.4 is 5.32 Å². The molecule has 1 aromatic heterocycles. The van der Waals surface area contributed by atoms with E-state index in [-0.39, 0.29) is 5.75 Å². The first-order valence-corrected chi connectivity index (χ1v) is 9.24. The summed E-state index contributed by atoms with van der Waals surface area (Å²) in [5, 5.41) is 15.9. The second-order valence-electron chi connectivity index (χ2n) is 5.22. The Labute approximate surface area is 146 Å². The molecule has 0 saturated carbocycles. The van der Waals surface area contributed by atoms with Crippen molar-refractivity contribution in [3.63, 3.8) is 0 Å². The van der Waals surface area contributed by atoms with Gasteiger partial charge in [0, 0.05) is 12.0 Å². The van der Waals surface area contributed by atoms with E-state index in [1.165, 1.54) is 5.57 Å². The summed E-state index contributed by atoms with van der Waals surface area (Å²) < 4.78 is 0. The third-order valence-corrected chi connectivity index (χ3v) is 5.42. The van der Waals surface area contributed by atoms with E-state index >= 15 is 0 Å². The lowest BCUT2D eigenvalue weighted by Gasteiger charge is -2.08. The van der Waals surface area contributed by atoms with E-state index in [0.717, 1.165) is 32.6 Å². The number of benzene rings is 1. The summed E-state index contributed by atoms with van der Waals surface area (Å²) in [6.45, 7) is 6.33. The van der Waals surface area contributed by atoms with Crippen LogP contribution in [0, 0.1) is 0 Å². The van der Waals surface area contributed by atoms with Crippen LogP contribution in [0.1, 0.15) is 32.9 Å². The molecule has 0 amide bonds. The minimum atomic E-state index is 0.269. The highest BCUT2D eigenvalue weighted by molar-refractivity contribution is 8.11. The average molecular weight is 347 g/mol. The smallest absolute Gasteiger partial charge is 0.183 e. The summed E-state index contributed by atoms with van der Waals surface area (Å²) >= 11 is 3.30. The first-order chi connectivity index (χ1) is 11.1. The molecule has 23 heavy (non-hydrogen) atoms. The third kappa shape index (κ3) is 4.39. The van der Waals surface area contributed by atoms with Crippen molar-refractivity contribution in [3.8, 4) is 16.2 Å². The Morgan fingerprint density at radius 2 is 2.17 bits per heavy atom. The molecule has 0 fully saturated rings. The van der Waals surface area contributed by atoms with Gasteiger partial charge in [-0.15, -0.1) is 0 Å². The molecule has 0 bridgehead atoms. The Bertz CT molecular complexity index is 728. The van der Waals surface area contributed by atoms with Crippen LogP contribution in [0.5, 0.6) is 5.75 Å². The fourth-order valence-electron chi connectivity index (χ4n) is 2.05. The normalized spacial score (nSPS) is 11.0. The zero-order valence-electron chi connectivity index (χ0n) is 13.9. The van der Waals surface area contributed by atoms with Crippen LogP contribution in [-0.4, -0.2) is 17.1 Å². The van der Waals surface area contributed by atoms with Crippen LogP contribution in [0.4, 0.5) is 5.13 Å². The molecule has 122 valence electrons. The first-order valence-electron chi connectivity index (χ1n) is 7.54. The highest BCUT2D eigenvalue weighted by Gasteiger charge is 2.17. The number of thioether (sulfide) groups is 1. The SMILES string of the molecule is CC/C=C/SC(=C(C)C)c1nc(NC)sc1-c1cccc(O)c1. The third-order valence-electron chi connectivity index (χ3n) is 3.14. The lowest BCUT2D eigenvalue weighted by atomic mass is 10.1. The molecule has 1 heterocycles. The Morgan fingerprint density at radius 1 is 1.39 bits per heavy atom. The van der Waals surface area contributed by atoms with Crippen molar-refractivity contribution in [1.29, 1.82) is 0 Å². The minimum Gasteiger partial charge on any atom is -0.508 e. The number of phenols is 1. The fraction of sp³-hybridized carbons (Fsp3) is 0.278. The summed E-state index contributed by atoms with van der Waals surface area (Å²) in [6, 6.07) is 7.33. The van der Waals surface area contributed by atoms with Gasteiger partial charge in [-0.2, -0.15) is 0 Å². The van der Waals surface area contributed by atoms with Crippen LogP contribution in [-0.2, 0) is 0 Å². The van der Waals surface area contributed by atoms with Crippen LogP contribution in [0.15, 0.2) is 41.3 Å². The number of phenolic OH excluding ortho intramolecular Hbond substituents is 1. The standard InChI is InChI=1S/C18H22N2OS2/c1-5-6-10-22-16(12(2)3)15-17(23-18(19-4)20-15)13-8-7-9-14(21)11-13/h6-11,21H,5H2,1-4H3,(H,19,20)/b10-6+. The van der Waals surface area contributed by atoms with Gasteiger partial charge in [0.1, 0.15) is 5.75 Å². The molecule has 0 atom stereocenters. The molecule has 2 N–H and O–H groups in total. The van der Waals surface area contributed by atoms with Gasteiger partial charge in [0.05, 0.1) is 10.6 Å². The second-order valence-corrected chi connectivity index (χ2v) is 7.14. The molecule has 5 heteroatoms. The van der Waals surface area contributed by atoms with Gasteiger partial charge in [0.2, 0.25) is 0 Å². The van der Waals surface area contributed by atoms with Gasteiger partial charge >= 0.3 is 0 Å². The highest BCUT2D eigenvalue weighted by Crippen LogP contribution is 2.42. The van der Waals surface area contributed by atoms with E-state index in [1.54, 1.807) is 35.2 Å². The molecule has 0 spiro atoms. The zero-order chi connectivity index (χ0) is 16.8. The van der Waals surface area contributed by atoms with E-state index in [2.05, 4.69) is 37.6 Å². The Morgan fingerprint density at radius 3 is 2.78 bits per heavy atom. The summed E-state index contributed by atoms with van der Waals surface area (Å²) in [4.78, 5) is 6.97. The number of anilines is 1. The Balaban J connectivity index is 2.54. The number of hydrogen-bond acceptors (Lipinski definition) is 5. The number of allylic oxidation sites excluding steroid dienone is 2. The van der Waals surface area contributed by atoms with E-state index in [1.807, 2.05) is 19.2 Å². The Kier molecular flexibility index (Phi) is 6.30. The molecular formula is C18H22N2OS2. The number of rotatable bonds is 6. The molecule has 2 rings (SSSR count). The number of thiazole rings is 1. The van der Waals surface area contributed by atoms with Crippen LogP contribution in [0.2, 0.25) is 0 Å². The maximum atomic E-state index is 9.79. The lowest BCUT2D eigenvalue weighted by Crippen LogP contribution is -1.89. The number of aromatic nitrogens is 1. The van der Waals surface area contributed by atoms with Gasteiger partial charge in [0.25, 0.3) is 0 Å². The number of hydrogen-bond donors (Lipinski definition) is 2. The van der Waals surface area contributed by atoms with Crippen LogP contribution in [0.25, 0.3) is 15.3 Å². The summed E-state index contributed by atoms with van der Waals surface area (Å²) in [7, 11) is 1.88. The predicted molar refractivity (Wildman–Crippen MR) is 104 cm³/mol. The molecular weight excluding hydrogens is 324 g/mol. The zero-order valence-corrected chi connectivity index (χ0v) is 15.5. The van der Waals surface area contributed by atoms with Crippen molar-refractivity contribution in [1.82, 2.24) is 4.98 Å². The van der Waals surface area contributed by atoms with Gasteiger partial charge in [0.15, 0.2) is 5.13 Å². The van der Waals surface area contributed by atoms with Crippen molar-refractivity contribution in [3.05, 3.63) is 47.0 Å². The molecule has 0 aliphatic rings. The second kappa shape index (κ2) is 8.22. The summed E-state index contributed by atoms with van der Waals surface area (Å²) in [6.07, 6.45) is 3.16. The van der Waals surface area contributed by atoms with Gasteiger partial charge in [-0.1, -0.05) is 53.8 Å². The molecule has 1 aromatic carbocycles. The summed E-state index contributed by atoms with van der Waals surface area (Å²) in [5.41, 5.74) is 3.18. The minimum absolute atomic E-state index is 0.269. The van der Waals surface area contributed by atoms with E-state index in [9.17, 15) is 5.11 Å². The quantitative estimate of drug-likeness (QED) is 0.677. The maximum absolute atomic E-state index is 9.79. The van der Waals surface area contributed by atoms with Gasteiger partial charge in [-0.25, -0.2) is 4.98 Å². The van der Waals surface area contributed by atoms with Gasteiger partial charge in [-0.3, -0.25) is 0 Å². The maximum Gasteiger partial charge on any atom is 0.183 e. The van der Waals surface area contributed by atoms with Crippen molar-refractivity contribution in [2.45, 2.75) is 27.2 Å². The van der Waals surface area contributed by atoms with Crippen molar-refractivity contribution in [2.75, 3.05) is 12.4 Å². The Hall–Kier alpha value is -1.72. The molecule has 3 nitrogen and oxygen atoms in total. The molecule has 0 saturated heterocycles. The fourth-order valence-corrected chi connectivity index (χ4v) is 3.95. The van der Waals surface area contributed by atoms with E-state index < -0.39 is 0 Å². The topological polar surface area (TPSA) is 45.2 Å². The van der Waals surface area contributed by atoms with Crippen LogP contribution in [0.3, 0.4) is 0 Å². The molecule has 0 radical (unpaired) electrons. The van der Waals surface area contributed by atoms with E-state index in [0.29, 0.717) is 0 Å². The average Bonchev–Trinajstić information content (AvgIpc) is 2.95. The monoisotopic (exact) mass is 346 g/mol. The first kappa shape index (κ1) is 17.6. The summed E-state index contributed by atoms with van der Waals surface area (Å²) in [5.74, 6) is 0.269. The van der Waals surface area contributed by atoms with E-state index in [4.69, 9.17) is 4.98 Å². The van der Waals surface area contributed by atoms with Gasteiger partial charge in [-0.05, 0) is 43.4 Å². The molecule has 0 aliphatic carbocycles.